The van der Waals surface area contributed by atoms with Gasteiger partial charge in [-0.05, 0) is 38.2 Å². The zero-order valence-corrected chi connectivity index (χ0v) is 16.9. The third-order valence-corrected chi connectivity index (χ3v) is 3.35. The largest absolute Gasteiger partial charge is 1.00 e. The zero-order valence-electron chi connectivity index (χ0n) is 14.9. The summed E-state index contributed by atoms with van der Waals surface area (Å²) in [6.07, 6.45) is 11.7. The fourth-order valence-corrected chi connectivity index (χ4v) is 1.97. The Morgan fingerprint density at radius 1 is 1.00 bits per heavy atom. The van der Waals surface area contributed by atoms with Gasteiger partial charge in [0.1, 0.15) is 0 Å². The molecular weight excluding hydrogens is 295 g/mol. The Hall–Kier alpha value is -0.830. The number of rotatable bonds is 10. The second kappa shape index (κ2) is 17.5. The molecule has 122 valence electrons. The molecule has 0 aliphatic carbocycles. The summed E-state index contributed by atoms with van der Waals surface area (Å²) >= 11 is 0. The molecule has 1 rings (SSSR count). The standard InChI is InChI=1S/C11H20O2.C9H10.Na/c1-2-3-4-5-6-7-8-9-10-11(12)13;1-3-9-6-4-8(2)5-7-9;/h2H,1,3-10H2,(H,12,13);3-7H,1H2,2H3;/q;;+1/p-1. The van der Waals surface area contributed by atoms with E-state index >= 15 is 0 Å². The Labute approximate surface area is 164 Å². The summed E-state index contributed by atoms with van der Waals surface area (Å²) in [5, 5.41) is 10.1. The number of carboxylic acids is 1. The van der Waals surface area contributed by atoms with Crippen molar-refractivity contribution in [2.45, 2.75) is 58.3 Å². The van der Waals surface area contributed by atoms with Gasteiger partial charge < -0.3 is 9.90 Å². The summed E-state index contributed by atoms with van der Waals surface area (Å²) in [5.41, 5.74) is 2.47. The molecule has 1 aromatic carbocycles. The Kier molecular flexibility index (Phi) is 18.6. The molecule has 0 atom stereocenters. The molecule has 2 nitrogen and oxygen atoms in total. The van der Waals surface area contributed by atoms with Crippen LogP contribution in [-0.2, 0) is 4.79 Å². The van der Waals surface area contributed by atoms with Gasteiger partial charge in [-0.25, -0.2) is 0 Å². The molecule has 0 saturated carbocycles. The minimum absolute atomic E-state index is 0. The number of aryl methyl sites for hydroxylation is 1. The van der Waals surface area contributed by atoms with E-state index in [4.69, 9.17) is 0 Å². The molecule has 0 unspecified atom stereocenters. The van der Waals surface area contributed by atoms with E-state index in [9.17, 15) is 9.90 Å². The Morgan fingerprint density at radius 2 is 1.52 bits per heavy atom. The quantitative estimate of drug-likeness (QED) is 0.373. The van der Waals surface area contributed by atoms with Crippen molar-refractivity contribution in [1.29, 1.82) is 0 Å². The van der Waals surface area contributed by atoms with Crippen molar-refractivity contribution in [3.63, 3.8) is 0 Å². The van der Waals surface area contributed by atoms with Gasteiger partial charge in [-0.15, -0.1) is 6.58 Å². The SMILES string of the molecule is C=CCCCCCCCCC(=O)[O-].C=Cc1ccc(C)cc1.[Na+]. The van der Waals surface area contributed by atoms with Crippen LogP contribution in [0.3, 0.4) is 0 Å². The van der Waals surface area contributed by atoms with Crippen molar-refractivity contribution >= 4 is 12.0 Å². The van der Waals surface area contributed by atoms with Crippen molar-refractivity contribution in [2.75, 3.05) is 0 Å². The van der Waals surface area contributed by atoms with Gasteiger partial charge in [-0.2, -0.15) is 0 Å². The molecule has 0 bridgehead atoms. The van der Waals surface area contributed by atoms with Gasteiger partial charge in [0.15, 0.2) is 0 Å². The van der Waals surface area contributed by atoms with Crippen LogP contribution in [0.2, 0.25) is 0 Å². The van der Waals surface area contributed by atoms with Gasteiger partial charge in [0.2, 0.25) is 0 Å². The van der Waals surface area contributed by atoms with E-state index in [1.54, 1.807) is 0 Å². The third kappa shape index (κ3) is 17.4. The summed E-state index contributed by atoms with van der Waals surface area (Å²) in [6, 6.07) is 8.28. The predicted octanol–water partition coefficient (Wildman–Crippen LogP) is 1.69. The Bertz CT molecular complexity index is 424. The first-order valence-corrected chi connectivity index (χ1v) is 8.10. The number of hydrogen-bond donors (Lipinski definition) is 0. The van der Waals surface area contributed by atoms with E-state index in [2.05, 4.69) is 44.3 Å². The number of allylic oxidation sites excluding steroid dienone is 1. The molecule has 0 aliphatic heterocycles. The maximum Gasteiger partial charge on any atom is 1.00 e. The van der Waals surface area contributed by atoms with Crippen LogP contribution < -0.4 is 34.7 Å². The van der Waals surface area contributed by atoms with Crippen molar-refractivity contribution in [3.8, 4) is 0 Å². The zero-order chi connectivity index (χ0) is 16.6. The monoisotopic (exact) mass is 324 g/mol. The third-order valence-electron chi connectivity index (χ3n) is 3.35. The first-order valence-electron chi connectivity index (χ1n) is 8.10. The number of unbranched alkanes of at least 4 members (excludes halogenated alkanes) is 6. The minimum atomic E-state index is -0.924. The number of hydrogen-bond acceptors (Lipinski definition) is 2. The van der Waals surface area contributed by atoms with Gasteiger partial charge in [0.05, 0.1) is 0 Å². The van der Waals surface area contributed by atoms with E-state index in [1.807, 2.05) is 12.2 Å². The molecule has 3 heteroatoms. The normalized spacial score (nSPS) is 9.09. The Morgan fingerprint density at radius 3 is 2.00 bits per heavy atom. The van der Waals surface area contributed by atoms with Crippen molar-refractivity contribution in [1.82, 2.24) is 0 Å². The van der Waals surface area contributed by atoms with Crippen LogP contribution in [0.5, 0.6) is 0 Å². The molecule has 0 radical (unpaired) electrons. The smallest absolute Gasteiger partial charge is 0.550 e. The van der Waals surface area contributed by atoms with Crippen LogP contribution in [0.1, 0.15) is 62.5 Å². The van der Waals surface area contributed by atoms with Crippen LogP contribution in [0.25, 0.3) is 6.08 Å². The molecule has 0 spiro atoms. The van der Waals surface area contributed by atoms with Crippen molar-refractivity contribution < 1.29 is 39.5 Å². The number of aliphatic carboxylic acids is 1. The molecule has 0 heterocycles. The number of carbonyl (C=O) groups excluding carboxylic acids is 1. The molecule has 0 fully saturated rings. The van der Waals surface area contributed by atoms with E-state index < -0.39 is 5.97 Å². The molecule has 23 heavy (non-hydrogen) atoms. The van der Waals surface area contributed by atoms with Gasteiger partial charge >= 0.3 is 29.6 Å². The van der Waals surface area contributed by atoms with Crippen LogP contribution >= 0.6 is 0 Å². The molecule has 1 aromatic rings. The molecular formula is C20H29NaO2. The van der Waals surface area contributed by atoms with Gasteiger partial charge in [0.25, 0.3) is 0 Å². The van der Waals surface area contributed by atoms with Crippen LogP contribution in [0, 0.1) is 6.92 Å². The minimum Gasteiger partial charge on any atom is -0.550 e. The maximum atomic E-state index is 10.1. The maximum absolute atomic E-state index is 10.1. The van der Waals surface area contributed by atoms with E-state index in [0.29, 0.717) is 0 Å². The fraction of sp³-hybridized carbons (Fsp3) is 0.450. The molecule has 0 N–H and O–H groups in total. The first-order chi connectivity index (χ1) is 10.6. The second-order valence-corrected chi connectivity index (χ2v) is 5.44. The summed E-state index contributed by atoms with van der Waals surface area (Å²) in [5.74, 6) is -0.924. The summed E-state index contributed by atoms with van der Waals surface area (Å²) in [6.45, 7) is 9.39. The van der Waals surface area contributed by atoms with E-state index in [-0.39, 0.29) is 36.0 Å². The fourth-order valence-electron chi connectivity index (χ4n) is 1.97. The number of carboxylic acid groups (broad SMARTS) is 1. The summed E-state index contributed by atoms with van der Waals surface area (Å²) in [4.78, 5) is 10.1. The van der Waals surface area contributed by atoms with E-state index in [1.165, 1.54) is 30.4 Å². The van der Waals surface area contributed by atoms with Crippen LogP contribution in [0.4, 0.5) is 0 Å². The van der Waals surface area contributed by atoms with Gasteiger partial charge in [-0.3, -0.25) is 0 Å². The first kappa shape index (κ1) is 24.4. The van der Waals surface area contributed by atoms with Crippen molar-refractivity contribution in [2.24, 2.45) is 0 Å². The van der Waals surface area contributed by atoms with Crippen molar-refractivity contribution in [3.05, 3.63) is 54.6 Å². The van der Waals surface area contributed by atoms with E-state index in [0.717, 1.165) is 25.7 Å². The molecule has 0 amide bonds. The van der Waals surface area contributed by atoms with Gasteiger partial charge in [0, 0.05) is 5.97 Å². The summed E-state index contributed by atoms with van der Waals surface area (Å²) in [7, 11) is 0. The number of carbonyl (C=O) groups is 1. The topological polar surface area (TPSA) is 40.1 Å². The molecule has 0 saturated heterocycles. The molecule has 0 aromatic heterocycles. The average molecular weight is 324 g/mol. The van der Waals surface area contributed by atoms with Gasteiger partial charge in [-0.1, -0.05) is 74.2 Å². The summed E-state index contributed by atoms with van der Waals surface area (Å²) < 4.78 is 0. The average Bonchev–Trinajstić information content (AvgIpc) is 2.51. The number of benzene rings is 1. The Balaban J connectivity index is 0. The van der Waals surface area contributed by atoms with Crippen LogP contribution in [-0.4, -0.2) is 5.97 Å². The second-order valence-electron chi connectivity index (χ2n) is 5.44. The molecule has 0 aliphatic rings. The predicted molar refractivity (Wildman–Crippen MR) is 93.4 cm³/mol. The van der Waals surface area contributed by atoms with Crippen LogP contribution in [0.15, 0.2) is 43.5 Å².